The average Bonchev–Trinajstić information content (AvgIpc) is 2.43. The van der Waals surface area contributed by atoms with Crippen molar-refractivity contribution in [2.24, 2.45) is 0 Å². The highest BCUT2D eigenvalue weighted by Crippen LogP contribution is 2.14. The molecule has 1 rings (SSSR count). The first-order valence-electron chi connectivity index (χ1n) is 7.49. The predicted octanol–water partition coefficient (Wildman–Crippen LogP) is 2.69. The molecule has 1 N–H and O–H groups in total. The van der Waals surface area contributed by atoms with Crippen LogP contribution in [0.5, 0.6) is 5.75 Å². The standard InChI is InChI=1S/C17H25NO5/c1-12(9-13-7-6-8-14(10-13)21-5)22-15(19)11-18-16(20)23-17(2,3)4/h6-8,10,12H,9,11H2,1-5H3,(H,18,20). The Morgan fingerprint density at radius 3 is 2.57 bits per heavy atom. The molecule has 6 heteroatoms. The van der Waals surface area contributed by atoms with Gasteiger partial charge in [-0.15, -0.1) is 0 Å². The van der Waals surface area contributed by atoms with Crippen molar-refractivity contribution in [3.05, 3.63) is 29.8 Å². The molecule has 1 atom stereocenters. The lowest BCUT2D eigenvalue weighted by Crippen LogP contribution is -2.36. The monoisotopic (exact) mass is 323 g/mol. The summed E-state index contributed by atoms with van der Waals surface area (Å²) in [5, 5.41) is 2.37. The van der Waals surface area contributed by atoms with Crippen molar-refractivity contribution in [3.8, 4) is 5.75 Å². The zero-order valence-corrected chi connectivity index (χ0v) is 14.3. The van der Waals surface area contributed by atoms with Gasteiger partial charge in [-0.1, -0.05) is 12.1 Å². The molecule has 0 saturated carbocycles. The summed E-state index contributed by atoms with van der Waals surface area (Å²) < 4.78 is 15.5. The molecule has 0 spiro atoms. The number of alkyl carbamates (subject to hydrolysis) is 1. The lowest BCUT2D eigenvalue weighted by molar-refractivity contribution is -0.147. The van der Waals surface area contributed by atoms with Crippen LogP contribution < -0.4 is 10.1 Å². The molecule has 0 bridgehead atoms. The third kappa shape index (κ3) is 8.09. The van der Waals surface area contributed by atoms with Gasteiger partial charge in [0, 0.05) is 6.42 Å². The molecule has 1 amide bonds. The molecule has 0 aromatic heterocycles. The number of hydrogen-bond donors (Lipinski definition) is 1. The molecule has 0 fully saturated rings. The highest BCUT2D eigenvalue weighted by molar-refractivity contribution is 5.78. The molecule has 0 aliphatic rings. The molecular formula is C17H25NO5. The van der Waals surface area contributed by atoms with E-state index in [2.05, 4.69) is 5.32 Å². The number of benzene rings is 1. The van der Waals surface area contributed by atoms with Crippen LogP contribution in [0.15, 0.2) is 24.3 Å². The summed E-state index contributed by atoms with van der Waals surface area (Å²) in [6.07, 6.45) is -0.389. The van der Waals surface area contributed by atoms with Crippen LogP contribution in [0, 0.1) is 0 Å². The van der Waals surface area contributed by atoms with Gasteiger partial charge in [-0.2, -0.15) is 0 Å². The average molecular weight is 323 g/mol. The van der Waals surface area contributed by atoms with Crippen molar-refractivity contribution in [1.82, 2.24) is 5.32 Å². The fraction of sp³-hybridized carbons (Fsp3) is 0.529. The van der Waals surface area contributed by atoms with Gasteiger partial charge >= 0.3 is 12.1 Å². The maximum atomic E-state index is 11.7. The normalized spacial score (nSPS) is 12.2. The number of amides is 1. The zero-order valence-electron chi connectivity index (χ0n) is 14.3. The highest BCUT2D eigenvalue weighted by atomic mass is 16.6. The lowest BCUT2D eigenvalue weighted by atomic mass is 10.1. The van der Waals surface area contributed by atoms with Crippen LogP contribution in [0.4, 0.5) is 4.79 Å². The van der Waals surface area contributed by atoms with Gasteiger partial charge in [-0.3, -0.25) is 4.79 Å². The van der Waals surface area contributed by atoms with E-state index in [0.717, 1.165) is 11.3 Å². The zero-order chi connectivity index (χ0) is 17.5. The third-order valence-corrected chi connectivity index (χ3v) is 2.77. The molecule has 0 saturated heterocycles. The number of hydrogen-bond acceptors (Lipinski definition) is 5. The van der Waals surface area contributed by atoms with Crippen LogP contribution in [0.25, 0.3) is 0 Å². The Kier molecular flexibility index (Phi) is 6.88. The molecule has 6 nitrogen and oxygen atoms in total. The number of esters is 1. The minimum absolute atomic E-state index is 0.225. The van der Waals surface area contributed by atoms with Crippen molar-refractivity contribution in [3.63, 3.8) is 0 Å². The van der Waals surface area contributed by atoms with E-state index in [-0.39, 0.29) is 12.6 Å². The second-order valence-corrected chi connectivity index (χ2v) is 6.21. The van der Waals surface area contributed by atoms with Crippen LogP contribution in [-0.4, -0.2) is 37.4 Å². The molecule has 23 heavy (non-hydrogen) atoms. The van der Waals surface area contributed by atoms with Gasteiger partial charge in [0.1, 0.15) is 24.0 Å². The van der Waals surface area contributed by atoms with E-state index < -0.39 is 17.7 Å². The number of methoxy groups -OCH3 is 1. The first-order valence-corrected chi connectivity index (χ1v) is 7.49. The number of nitrogens with one attached hydrogen (secondary N) is 1. The maximum Gasteiger partial charge on any atom is 0.408 e. The van der Waals surface area contributed by atoms with E-state index in [4.69, 9.17) is 14.2 Å². The Morgan fingerprint density at radius 1 is 1.26 bits per heavy atom. The number of carbonyl (C=O) groups excluding carboxylic acids is 2. The quantitative estimate of drug-likeness (QED) is 0.815. The fourth-order valence-electron chi connectivity index (χ4n) is 1.90. The lowest BCUT2D eigenvalue weighted by Gasteiger charge is -2.20. The summed E-state index contributed by atoms with van der Waals surface area (Å²) in [7, 11) is 1.60. The summed E-state index contributed by atoms with van der Waals surface area (Å²) in [6.45, 7) is 6.82. The van der Waals surface area contributed by atoms with E-state index >= 15 is 0 Å². The Bertz CT molecular complexity index is 536. The van der Waals surface area contributed by atoms with Crippen LogP contribution >= 0.6 is 0 Å². The minimum Gasteiger partial charge on any atom is -0.497 e. The number of rotatable bonds is 6. The summed E-state index contributed by atoms with van der Waals surface area (Å²) in [5.74, 6) is 0.249. The summed E-state index contributed by atoms with van der Waals surface area (Å²) in [5.41, 5.74) is 0.401. The van der Waals surface area contributed by atoms with Gasteiger partial charge in [0.05, 0.1) is 7.11 Å². The predicted molar refractivity (Wildman–Crippen MR) is 86.5 cm³/mol. The van der Waals surface area contributed by atoms with E-state index in [9.17, 15) is 9.59 Å². The highest BCUT2D eigenvalue weighted by Gasteiger charge is 2.17. The molecule has 0 aliphatic heterocycles. The smallest absolute Gasteiger partial charge is 0.408 e. The van der Waals surface area contributed by atoms with Gasteiger partial charge in [-0.05, 0) is 45.4 Å². The SMILES string of the molecule is COc1cccc(CC(C)OC(=O)CNC(=O)OC(C)(C)C)c1. The van der Waals surface area contributed by atoms with Gasteiger partial charge < -0.3 is 19.5 Å². The topological polar surface area (TPSA) is 73.9 Å². The van der Waals surface area contributed by atoms with Gasteiger partial charge in [0.15, 0.2) is 0 Å². The molecule has 1 aromatic rings. The molecule has 1 unspecified atom stereocenters. The van der Waals surface area contributed by atoms with Gasteiger partial charge in [0.25, 0.3) is 0 Å². The van der Waals surface area contributed by atoms with Crippen LogP contribution in [0.1, 0.15) is 33.3 Å². The molecule has 0 heterocycles. The number of carbonyl (C=O) groups is 2. The Balaban J connectivity index is 2.37. The van der Waals surface area contributed by atoms with Gasteiger partial charge in [0.2, 0.25) is 0 Å². The second-order valence-electron chi connectivity index (χ2n) is 6.21. The third-order valence-electron chi connectivity index (χ3n) is 2.77. The Labute approximate surface area is 137 Å². The minimum atomic E-state index is -0.644. The van der Waals surface area contributed by atoms with Crippen molar-refractivity contribution in [2.75, 3.05) is 13.7 Å². The van der Waals surface area contributed by atoms with E-state index in [1.54, 1.807) is 34.8 Å². The molecule has 0 radical (unpaired) electrons. The Hall–Kier alpha value is -2.24. The maximum absolute atomic E-state index is 11.7. The van der Waals surface area contributed by atoms with E-state index in [0.29, 0.717) is 6.42 Å². The first-order chi connectivity index (χ1) is 10.7. The molecular weight excluding hydrogens is 298 g/mol. The van der Waals surface area contributed by atoms with Crippen molar-refractivity contribution in [1.29, 1.82) is 0 Å². The fourth-order valence-corrected chi connectivity index (χ4v) is 1.90. The number of ether oxygens (including phenoxy) is 3. The molecule has 1 aromatic carbocycles. The Morgan fingerprint density at radius 2 is 1.96 bits per heavy atom. The largest absolute Gasteiger partial charge is 0.497 e. The first kappa shape index (κ1) is 18.8. The van der Waals surface area contributed by atoms with Crippen molar-refractivity contribution >= 4 is 12.1 Å². The summed E-state index contributed by atoms with van der Waals surface area (Å²) >= 11 is 0. The summed E-state index contributed by atoms with van der Waals surface area (Å²) in [6, 6.07) is 7.56. The molecule has 0 aliphatic carbocycles. The van der Waals surface area contributed by atoms with Crippen LogP contribution in [-0.2, 0) is 20.7 Å². The molecule has 128 valence electrons. The van der Waals surface area contributed by atoms with Gasteiger partial charge in [-0.25, -0.2) is 4.79 Å². The van der Waals surface area contributed by atoms with E-state index in [1.807, 2.05) is 24.3 Å². The van der Waals surface area contributed by atoms with Crippen molar-refractivity contribution in [2.45, 2.75) is 45.8 Å². The van der Waals surface area contributed by atoms with Crippen LogP contribution in [0.3, 0.4) is 0 Å². The second kappa shape index (κ2) is 8.41. The van der Waals surface area contributed by atoms with E-state index in [1.165, 1.54) is 0 Å². The summed E-state index contributed by atoms with van der Waals surface area (Å²) in [4.78, 5) is 23.2. The van der Waals surface area contributed by atoms with Crippen LogP contribution in [0.2, 0.25) is 0 Å². The van der Waals surface area contributed by atoms with Crippen molar-refractivity contribution < 1.29 is 23.8 Å².